The maximum Gasteiger partial charge on any atom is 0.244 e. The molecule has 0 bridgehead atoms. The Labute approximate surface area is 134 Å². The summed E-state index contributed by atoms with van der Waals surface area (Å²) in [7, 11) is 1.65. The topological polar surface area (TPSA) is 67.0 Å². The Kier molecular flexibility index (Phi) is 4.68. The summed E-state index contributed by atoms with van der Waals surface area (Å²) < 4.78 is 4.94. The van der Waals surface area contributed by atoms with E-state index in [2.05, 4.69) is 21.4 Å². The van der Waals surface area contributed by atoms with Crippen LogP contribution in [-0.4, -0.2) is 36.1 Å². The fourth-order valence-corrected chi connectivity index (χ4v) is 2.51. The van der Waals surface area contributed by atoms with Crippen molar-refractivity contribution in [1.82, 2.24) is 15.3 Å². The van der Waals surface area contributed by atoms with E-state index in [0.29, 0.717) is 13.2 Å². The number of aromatic amines is 1. The minimum absolute atomic E-state index is 0.123. The van der Waals surface area contributed by atoms with Crippen molar-refractivity contribution in [3.63, 3.8) is 0 Å². The monoisotopic (exact) mass is 309 g/mol. The lowest BCUT2D eigenvalue weighted by Crippen LogP contribution is -2.22. The summed E-state index contributed by atoms with van der Waals surface area (Å²) in [5, 5.41) is 5.07. The number of hydrogen-bond acceptors (Lipinski definition) is 3. The Hall–Kier alpha value is -2.66. The van der Waals surface area contributed by atoms with Gasteiger partial charge in [0.25, 0.3) is 0 Å². The maximum absolute atomic E-state index is 11.7. The molecule has 3 aromatic rings. The summed E-state index contributed by atoms with van der Waals surface area (Å²) in [6.07, 6.45) is 5.84. The number of benzene rings is 1. The van der Waals surface area contributed by atoms with Crippen molar-refractivity contribution in [3.8, 4) is 0 Å². The first-order valence-corrected chi connectivity index (χ1v) is 7.59. The SMILES string of the molecule is COCCCNC(=O)/C=C/c1cc2c(cn1)[nH]c1ccccc12. The molecule has 0 atom stereocenters. The molecule has 0 unspecified atom stereocenters. The van der Waals surface area contributed by atoms with Gasteiger partial charge in [-0.15, -0.1) is 0 Å². The summed E-state index contributed by atoms with van der Waals surface area (Å²) in [6, 6.07) is 10.1. The zero-order chi connectivity index (χ0) is 16.1. The predicted molar refractivity (Wildman–Crippen MR) is 92.1 cm³/mol. The number of fused-ring (bicyclic) bond motifs is 3. The number of pyridine rings is 1. The molecule has 0 saturated heterocycles. The molecule has 0 radical (unpaired) electrons. The normalized spacial score (nSPS) is 11.5. The van der Waals surface area contributed by atoms with E-state index < -0.39 is 0 Å². The maximum atomic E-state index is 11.7. The van der Waals surface area contributed by atoms with Gasteiger partial charge in [-0.05, 0) is 24.6 Å². The number of methoxy groups -OCH3 is 1. The molecule has 0 aliphatic rings. The van der Waals surface area contributed by atoms with Gasteiger partial charge in [-0.25, -0.2) is 0 Å². The molecule has 1 amide bonds. The Bertz CT molecular complexity index is 852. The van der Waals surface area contributed by atoms with Gasteiger partial charge in [0.2, 0.25) is 5.91 Å². The average Bonchev–Trinajstić information content (AvgIpc) is 2.95. The number of nitrogens with one attached hydrogen (secondary N) is 2. The van der Waals surface area contributed by atoms with Crippen molar-refractivity contribution in [1.29, 1.82) is 0 Å². The number of ether oxygens (including phenoxy) is 1. The number of H-pyrrole nitrogens is 1. The van der Waals surface area contributed by atoms with E-state index in [0.717, 1.165) is 33.9 Å². The van der Waals surface area contributed by atoms with Gasteiger partial charge in [0, 0.05) is 42.6 Å². The quantitative estimate of drug-likeness (QED) is 0.543. The molecule has 1 aromatic carbocycles. The molecule has 0 aliphatic heterocycles. The van der Waals surface area contributed by atoms with E-state index in [1.165, 1.54) is 6.08 Å². The first kappa shape index (κ1) is 15.2. The third-order valence-corrected chi connectivity index (χ3v) is 3.64. The number of amides is 1. The van der Waals surface area contributed by atoms with Crippen LogP contribution in [0, 0.1) is 0 Å². The number of rotatable bonds is 6. The largest absolute Gasteiger partial charge is 0.385 e. The minimum Gasteiger partial charge on any atom is -0.385 e. The summed E-state index contributed by atoms with van der Waals surface area (Å²) in [4.78, 5) is 19.4. The Morgan fingerprint density at radius 1 is 1.30 bits per heavy atom. The number of hydrogen-bond donors (Lipinski definition) is 2. The smallest absolute Gasteiger partial charge is 0.244 e. The van der Waals surface area contributed by atoms with Gasteiger partial charge < -0.3 is 15.0 Å². The number of nitrogens with zero attached hydrogens (tertiary/aromatic N) is 1. The second-order valence-electron chi connectivity index (χ2n) is 5.30. The van der Waals surface area contributed by atoms with Gasteiger partial charge in [-0.2, -0.15) is 0 Å². The fraction of sp³-hybridized carbons (Fsp3) is 0.222. The molecule has 3 rings (SSSR count). The van der Waals surface area contributed by atoms with Crippen molar-refractivity contribution in [2.75, 3.05) is 20.3 Å². The summed E-state index contributed by atoms with van der Waals surface area (Å²) in [5.41, 5.74) is 2.84. The van der Waals surface area contributed by atoms with Crippen LogP contribution in [-0.2, 0) is 9.53 Å². The van der Waals surface area contributed by atoms with Crippen LogP contribution in [0.25, 0.3) is 27.9 Å². The highest BCUT2D eigenvalue weighted by molar-refractivity contribution is 6.07. The van der Waals surface area contributed by atoms with Crippen LogP contribution in [0.1, 0.15) is 12.1 Å². The molecule has 5 nitrogen and oxygen atoms in total. The predicted octanol–water partition coefficient (Wildman–Crippen LogP) is 2.88. The van der Waals surface area contributed by atoms with Crippen molar-refractivity contribution in [2.45, 2.75) is 6.42 Å². The molecular weight excluding hydrogens is 290 g/mol. The van der Waals surface area contributed by atoms with Gasteiger partial charge in [-0.3, -0.25) is 9.78 Å². The van der Waals surface area contributed by atoms with Gasteiger partial charge >= 0.3 is 0 Å². The van der Waals surface area contributed by atoms with Crippen LogP contribution in [0.5, 0.6) is 0 Å². The van der Waals surface area contributed by atoms with E-state index in [9.17, 15) is 4.79 Å². The standard InChI is InChI=1S/C18H19N3O2/c1-23-10-4-9-19-18(22)8-7-13-11-15-14-5-2-3-6-16(14)21-17(15)12-20-13/h2-3,5-8,11-12,21H,4,9-10H2,1H3,(H,19,22)/b8-7+. The molecule has 118 valence electrons. The molecule has 2 heterocycles. The highest BCUT2D eigenvalue weighted by Crippen LogP contribution is 2.25. The van der Waals surface area contributed by atoms with Crippen molar-refractivity contribution < 1.29 is 9.53 Å². The summed E-state index contributed by atoms with van der Waals surface area (Å²) in [5.74, 6) is -0.123. The number of para-hydroxylation sites is 1. The minimum atomic E-state index is -0.123. The fourth-order valence-electron chi connectivity index (χ4n) is 2.51. The van der Waals surface area contributed by atoms with Crippen LogP contribution in [0.15, 0.2) is 42.6 Å². The highest BCUT2D eigenvalue weighted by Gasteiger charge is 2.04. The molecule has 0 saturated carbocycles. The lowest BCUT2D eigenvalue weighted by atomic mass is 10.1. The molecular formula is C18H19N3O2. The van der Waals surface area contributed by atoms with E-state index in [-0.39, 0.29) is 5.91 Å². The van der Waals surface area contributed by atoms with Crippen molar-refractivity contribution >= 4 is 33.8 Å². The lowest BCUT2D eigenvalue weighted by molar-refractivity contribution is -0.116. The van der Waals surface area contributed by atoms with Crippen molar-refractivity contribution in [3.05, 3.63) is 48.3 Å². The first-order chi connectivity index (χ1) is 11.3. The number of aromatic nitrogens is 2. The number of carbonyl (C=O) groups is 1. The third-order valence-electron chi connectivity index (χ3n) is 3.64. The van der Waals surface area contributed by atoms with Crippen LogP contribution in [0.4, 0.5) is 0 Å². The molecule has 2 aromatic heterocycles. The first-order valence-electron chi connectivity index (χ1n) is 7.59. The van der Waals surface area contributed by atoms with Gasteiger partial charge in [-0.1, -0.05) is 18.2 Å². The van der Waals surface area contributed by atoms with E-state index in [4.69, 9.17) is 4.74 Å². The van der Waals surface area contributed by atoms with Gasteiger partial charge in [0.1, 0.15) is 0 Å². The second kappa shape index (κ2) is 7.07. The summed E-state index contributed by atoms with van der Waals surface area (Å²) >= 11 is 0. The van der Waals surface area contributed by atoms with E-state index in [1.807, 2.05) is 24.3 Å². The number of carbonyl (C=O) groups excluding carboxylic acids is 1. The summed E-state index contributed by atoms with van der Waals surface area (Å²) in [6.45, 7) is 1.24. The second-order valence-corrected chi connectivity index (χ2v) is 5.30. The van der Waals surface area contributed by atoms with Gasteiger partial charge in [0.15, 0.2) is 0 Å². The third kappa shape index (κ3) is 3.57. The Balaban J connectivity index is 1.74. The van der Waals surface area contributed by atoms with Crippen LogP contribution in [0.2, 0.25) is 0 Å². The van der Waals surface area contributed by atoms with E-state index >= 15 is 0 Å². The van der Waals surface area contributed by atoms with Crippen LogP contribution >= 0.6 is 0 Å². The molecule has 0 aliphatic carbocycles. The molecule has 23 heavy (non-hydrogen) atoms. The molecule has 2 N–H and O–H groups in total. The zero-order valence-corrected chi connectivity index (χ0v) is 13.0. The van der Waals surface area contributed by atoms with E-state index in [1.54, 1.807) is 19.4 Å². The van der Waals surface area contributed by atoms with Gasteiger partial charge in [0.05, 0.1) is 17.4 Å². The zero-order valence-electron chi connectivity index (χ0n) is 13.0. The average molecular weight is 309 g/mol. The van der Waals surface area contributed by atoms with Crippen LogP contribution in [0.3, 0.4) is 0 Å². The lowest BCUT2D eigenvalue weighted by Gasteiger charge is -2.00. The molecule has 0 fully saturated rings. The highest BCUT2D eigenvalue weighted by atomic mass is 16.5. The Morgan fingerprint density at radius 3 is 3.04 bits per heavy atom. The van der Waals surface area contributed by atoms with Crippen LogP contribution < -0.4 is 5.32 Å². The molecule has 5 heteroatoms. The molecule has 0 spiro atoms. The van der Waals surface area contributed by atoms with Crippen molar-refractivity contribution in [2.24, 2.45) is 0 Å². The Morgan fingerprint density at radius 2 is 2.17 bits per heavy atom.